The maximum atomic E-state index is 8.74. The molecule has 1 heteroatoms. The molecule has 0 heterocycles. The standard InChI is InChI=1S/C17H17N/c1-3-14-4-6-16(7-5-14)17-9-8-15(10-11-18)13(2)12-17/h4-9,12H,3,10H2,1-2H3. The fourth-order valence-electron chi connectivity index (χ4n) is 2.09. The lowest BCUT2D eigenvalue weighted by Crippen LogP contribution is -1.89. The summed E-state index contributed by atoms with van der Waals surface area (Å²) in [4.78, 5) is 0. The second-order valence-corrected chi connectivity index (χ2v) is 4.53. The quantitative estimate of drug-likeness (QED) is 0.778. The molecule has 18 heavy (non-hydrogen) atoms. The van der Waals surface area contributed by atoms with Crippen LogP contribution in [0.2, 0.25) is 0 Å². The Kier molecular flexibility index (Phi) is 3.79. The Balaban J connectivity index is 2.33. The molecule has 2 rings (SSSR count). The van der Waals surface area contributed by atoms with Crippen LogP contribution in [0.15, 0.2) is 42.5 Å². The van der Waals surface area contributed by atoms with E-state index in [-0.39, 0.29) is 0 Å². The van der Waals surface area contributed by atoms with Gasteiger partial charge in [-0.25, -0.2) is 0 Å². The van der Waals surface area contributed by atoms with E-state index in [1.165, 1.54) is 22.3 Å². The summed E-state index contributed by atoms with van der Waals surface area (Å²) in [7, 11) is 0. The summed E-state index contributed by atoms with van der Waals surface area (Å²) in [5, 5.41) is 8.74. The van der Waals surface area contributed by atoms with Crippen LogP contribution < -0.4 is 0 Å². The minimum absolute atomic E-state index is 0.487. The zero-order chi connectivity index (χ0) is 13.0. The van der Waals surface area contributed by atoms with E-state index in [9.17, 15) is 0 Å². The normalized spacial score (nSPS) is 10.1. The van der Waals surface area contributed by atoms with E-state index < -0.39 is 0 Å². The molecular weight excluding hydrogens is 218 g/mol. The molecule has 0 spiro atoms. The largest absolute Gasteiger partial charge is 0.198 e. The Morgan fingerprint density at radius 1 is 1.00 bits per heavy atom. The van der Waals surface area contributed by atoms with Gasteiger partial charge in [-0.3, -0.25) is 0 Å². The van der Waals surface area contributed by atoms with Crippen LogP contribution in [0.5, 0.6) is 0 Å². The third-order valence-electron chi connectivity index (χ3n) is 3.31. The van der Waals surface area contributed by atoms with Gasteiger partial charge in [0.05, 0.1) is 12.5 Å². The van der Waals surface area contributed by atoms with Crippen LogP contribution in [0.1, 0.15) is 23.6 Å². The second-order valence-electron chi connectivity index (χ2n) is 4.53. The first-order valence-electron chi connectivity index (χ1n) is 6.30. The zero-order valence-electron chi connectivity index (χ0n) is 10.9. The van der Waals surface area contributed by atoms with Crippen molar-refractivity contribution in [1.29, 1.82) is 5.26 Å². The fourth-order valence-corrected chi connectivity index (χ4v) is 2.09. The fraction of sp³-hybridized carbons (Fsp3) is 0.235. The van der Waals surface area contributed by atoms with E-state index in [1.54, 1.807) is 0 Å². The number of hydrogen-bond acceptors (Lipinski definition) is 1. The highest BCUT2D eigenvalue weighted by molar-refractivity contribution is 5.65. The minimum atomic E-state index is 0.487. The first-order valence-corrected chi connectivity index (χ1v) is 6.30. The van der Waals surface area contributed by atoms with E-state index >= 15 is 0 Å². The Morgan fingerprint density at radius 2 is 1.67 bits per heavy atom. The van der Waals surface area contributed by atoms with Crippen LogP contribution in [0.3, 0.4) is 0 Å². The molecule has 0 aliphatic heterocycles. The van der Waals surface area contributed by atoms with Crippen molar-refractivity contribution >= 4 is 0 Å². The molecule has 0 bridgehead atoms. The summed E-state index contributed by atoms with van der Waals surface area (Å²) in [6.45, 7) is 4.23. The van der Waals surface area contributed by atoms with Gasteiger partial charge < -0.3 is 0 Å². The molecule has 0 aromatic heterocycles. The summed E-state index contributed by atoms with van der Waals surface area (Å²) >= 11 is 0. The van der Waals surface area contributed by atoms with Crippen LogP contribution in [0, 0.1) is 18.3 Å². The molecule has 0 fully saturated rings. The lowest BCUT2D eigenvalue weighted by atomic mass is 9.98. The summed E-state index contributed by atoms with van der Waals surface area (Å²) in [5.41, 5.74) is 6.12. The van der Waals surface area contributed by atoms with Crippen LogP contribution in [0.25, 0.3) is 11.1 Å². The van der Waals surface area contributed by atoms with Gasteiger partial charge in [0.2, 0.25) is 0 Å². The molecule has 0 radical (unpaired) electrons. The molecule has 0 atom stereocenters. The van der Waals surface area contributed by atoms with Crippen LogP contribution in [-0.2, 0) is 12.8 Å². The van der Waals surface area contributed by atoms with E-state index in [0.29, 0.717) is 6.42 Å². The zero-order valence-corrected chi connectivity index (χ0v) is 10.9. The molecule has 2 aromatic carbocycles. The number of nitriles is 1. The Morgan fingerprint density at radius 3 is 2.22 bits per heavy atom. The summed E-state index contributed by atoms with van der Waals surface area (Å²) < 4.78 is 0. The van der Waals surface area contributed by atoms with Crippen molar-refractivity contribution in [3.8, 4) is 17.2 Å². The van der Waals surface area contributed by atoms with Gasteiger partial charge in [0.1, 0.15) is 0 Å². The minimum Gasteiger partial charge on any atom is -0.198 e. The maximum absolute atomic E-state index is 8.74. The average molecular weight is 235 g/mol. The van der Waals surface area contributed by atoms with Crippen molar-refractivity contribution in [2.75, 3.05) is 0 Å². The predicted octanol–water partition coefficient (Wildman–Crippen LogP) is 4.29. The lowest BCUT2D eigenvalue weighted by molar-refractivity contribution is 1.14. The summed E-state index contributed by atoms with van der Waals surface area (Å²) in [5.74, 6) is 0. The topological polar surface area (TPSA) is 23.8 Å². The highest BCUT2D eigenvalue weighted by Gasteiger charge is 2.02. The molecule has 0 unspecified atom stereocenters. The average Bonchev–Trinajstić information content (AvgIpc) is 2.41. The van der Waals surface area contributed by atoms with Gasteiger partial charge >= 0.3 is 0 Å². The van der Waals surface area contributed by atoms with Gasteiger partial charge in [-0.05, 0) is 41.2 Å². The van der Waals surface area contributed by atoms with Gasteiger partial charge in [0.15, 0.2) is 0 Å². The monoisotopic (exact) mass is 235 g/mol. The Bertz CT molecular complexity index is 574. The van der Waals surface area contributed by atoms with Crippen LogP contribution in [-0.4, -0.2) is 0 Å². The molecule has 0 saturated carbocycles. The van der Waals surface area contributed by atoms with Crippen molar-refractivity contribution in [2.24, 2.45) is 0 Å². The number of hydrogen-bond donors (Lipinski definition) is 0. The summed E-state index contributed by atoms with van der Waals surface area (Å²) in [6.07, 6.45) is 1.56. The van der Waals surface area contributed by atoms with Gasteiger partial charge in [0.25, 0.3) is 0 Å². The Labute approximate surface area is 109 Å². The van der Waals surface area contributed by atoms with E-state index in [0.717, 1.165) is 12.0 Å². The van der Waals surface area contributed by atoms with Crippen LogP contribution in [0.4, 0.5) is 0 Å². The molecule has 2 aromatic rings. The van der Waals surface area contributed by atoms with E-state index in [2.05, 4.69) is 62.4 Å². The number of nitrogens with zero attached hydrogens (tertiary/aromatic N) is 1. The van der Waals surface area contributed by atoms with Gasteiger partial charge in [-0.2, -0.15) is 5.26 Å². The van der Waals surface area contributed by atoms with Crippen molar-refractivity contribution in [2.45, 2.75) is 26.7 Å². The highest BCUT2D eigenvalue weighted by atomic mass is 14.2. The van der Waals surface area contributed by atoms with Gasteiger partial charge in [-0.15, -0.1) is 0 Å². The maximum Gasteiger partial charge on any atom is 0.0669 e. The SMILES string of the molecule is CCc1ccc(-c2ccc(CC#N)c(C)c2)cc1. The van der Waals surface area contributed by atoms with Crippen molar-refractivity contribution in [1.82, 2.24) is 0 Å². The third-order valence-corrected chi connectivity index (χ3v) is 3.31. The highest BCUT2D eigenvalue weighted by Crippen LogP contribution is 2.23. The molecule has 0 aliphatic rings. The molecular formula is C17H17N. The molecule has 0 saturated heterocycles. The molecule has 0 N–H and O–H groups in total. The summed E-state index contributed by atoms with van der Waals surface area (Å²) in [6, 6.07) is 17.2. The first kappa shape index (κ1) is 12.4. The third kappa shape index (κ3) is 2.60. The smallest absolute Gasteiger partial charge is 0.0669 e. The molecule has 0 aliphatic carbocycles. The number of benzene rings is 2. The number of rotatable bonds is 3. The predicted molar refractivity (Wildman–Crippen MR) is 75.3 cm³/mol. The van der Waals surface area contributed by atoms with Gasteiger partial charge in [-0.1, -0.05) is 49.4 Å². The van der Waals surface area contributed by atoms with E-state index in [4.69, 9.17) is 5.26 Å². The molecule has 90 valence electrons. The lowest BCUT2D eigenvalue weighted by Gasteiger charge is -2.07. The molecule has 0 amide bonds. The first-order chi connectivity index (χ1) is 8.74. The van der Waals surface area contributed by atoms with Crippen LogP contribution >= 0.6 is 0 Å². The second kappa shape index (κ2) is 5.51. The van der Waals surface area contributed by atoms with Crippen molar-refractivity contribution in [3.05, 3.63) is 59.2 Å². The van der Waals surface area contributed by atoms with Crippen molar-refractivity contribution < 1.29 is 0 Å². The van der Waals surface area contributed by atoms with Gasteiger partial charge in [0, 0.05) is 0 Å². The number of aryl methyl sites for hydroxylation is 2. The Hall–Kier alpha value is -2.07. The van der Waals surface area contributed by atoms with E-state index in [1.807, 2.05) is 0 Å². The van der Waals surface area contributed by atoms with Crippen molar-refractivity contribution in [3.63, 3.8) is 0 Å². The molecule has 1 nitrogen and oxygen atoms in total.